The Hall–Kier alpha value is 0.372. The Morgan fingerprint density at radius 3 is 1.92 bits per heavy atom. The van der Waals surface area contributed by atoms with E-state index in [9.17, 15) is 0 Å². The monoisotopic (exact) mass is 206 g/mol. The Labute approximate surface area is 87.3 Å². The van der Waals surface area contributed by atoms with Crippen LogP contribution in [0, 0.1) is 0 Å². The van der Waals surface area contributed by atoms with Gasteiger partial charge in [-0.15, -0.1) is 0 Å². The Kier molecular flexibility index (Phi) is 7.97. The van der Waals surface area contributed by atoms with Crippen molar-refractivity contribution in [3.63, 3.8) is 0 Å². The van der Waals surface area contributed by atoms with Crippen LogP contribution < -0.4 is 0 Å². The lowest BCUT2D eigenvalue weighted by Gasteiger charge is -2.30. The maximum Gasteiger partial charge on any atom is 0.308 e. The molecule has 13 heavy (non-hydrogen) atoms. The van der Waals surface area contributed by atoms with Crippen molar-refractivity contribution in [1.82, 2.24) is 0 Å². The van der Waals surface area contributed by atoms with Gasteiger partial charge in [-0.05, 0) is 6.42 Å². The van der Waals surface area contributed by atoms with E-state index in [4.69, 9.17) is 19.7 Å². The molecule has 5 heteroatoms. The Bertz CT molecular complexity index is 113. The van der Waals surface area contributed by atoms with Crippen LogP contribution in [0.1, 0.15) is 19.8 Å². The lowest BCUT2D eigenvalue weighted by molar-refractivity contribution is -0.190. The van der Waals surface area contributed by atoms with Gasteiger partial charge in [0.1, 0.15) is 0 Å². The predicted molar refractivity (Wildman–Crippen MR) is 52.3 cm³/mol. The minimum Gasteiger partial charge on any atom is -0.394 e. The van der Waals surface area contributed by atoms with Gasteiger partial charge in [0.2, 0.25) is 0 Å². The molecular formula is C8H19AlO4. The van der Waals surface area contributed by atoms with E-state index in [1.54, 1.807) is 0 Å². The lowest BCUT2D eigenvalue weighted by atomic mass is 10.3. The highest BCUT2D eigenvalue weighted by Gasteiger charge is 2.23. The SMILES string of the molecule is CCC[C]([AlH2])(OCCO)OCCO. The predicted octanol–water partition coefficient (Wildman–Crippen LogP) is -0.909. The number of aliphatic hydroxyl groups excluding tert-OH is 2. The van der Waals surface area contributed by atoms with Crippen molar-refractivity contribution in [1.29, 1.82) is 0 Å². The first-order chi connectivity index (χ1) is 6.18. The summed E-state index contributed by atoms with van der Waals surface area (Å²) >= 11 is 0.740. The van der Waals surface area contributed by atoms with E-state index in [0.717, 1.165) is 29.1 Å². The normalized spacial score (nSPS) is 11.9. The van der Waals surface area contributed by atoms with Crippen molar-refractivity contribution in [2.75, 3.05) is 26.4 Å². The molecule has 0 heterocycles. The number of hydrogen-bond acceptors (Lipinski definition) is 4. The van der Waals surface area contributed by atoms with E-state index in [-0.39, 0.29) is 13.2 Å². The summed E-state index contributed by atoms with van der Waals surface area (Å²) in [5, 5.41) is 17.2. The molecular weight excluding hydrogens is 187 g/mol. The van der Waals surface area contributed by atoms with E-state index < -0.39 is 4.65 Å². The van der Waals surface area contributed by atoms with Gasteiger partial charge < -0.3 is 19.7 Å². The van der Waals surface area contributed by atoms with Crippen molar-refractivity contribution in [3.8, 4) is 0 Å². The van der Waals surface area contributed by atoms with Gasteiger partial charge in [-0.3, -0.25) is 0 Å². The molecule has 0 aromatic carbocycles. The molecule has 0 unspecified atom stereocenters. The van der Waals surface area contributed by atoms with E-state index in [1.165, 1.54) is 0 Å². The van der Waals surface area contributed by atoms with Crippen LogP contribution >= 0.6 is 0 Å². The molecule has 0 aliphatic rings. The minimum atomic E-state index is -0.528. The first kappa shape index (κ1) is 13.4. The second-order valence-corrected chi connectivity index (χ2v) is 4.55. The molecule has 0 aromatic heterocycles. The van der Waals surface area contributed by atoms with Gasteiger partial charge in [0, 0.05) is 0 Å². The average Bonchev–Trinajstić information content (AvgIpc) is 2.12. The summed E-state index contributed by atoms with van der Waals surface area (Å²) in [5.74, 6) is 0. The summed E-state index contributed by atoms with van der Waals surface area (Å²) < 4.78 is 10.3. The second kappa shape index (κ2) is 7.75. The molecule has 0 spiro atoms. The molecule has 0 amide bonds. The van der Waals surface area contributed by atoms with Crippen LogP contribution in [0.2, 0.25) is 0 Å². The maximum atomic E-state index is 8.61. The number of hydrogen-bond donors (Lipinski definition) is 2. The molecule has 0 bridgehead atoms. The molecule has 78 valence electrons. The van der Waals surface area contributed by atoms with Gasteiger partial charge in [-0.1, -0.05) is 13.3 Å². The van der Waals surface area contributed by atoms with Crippen molar-refractivity contribution < 1.29 is 19.7 Å². The number of ether oxygens (including phenoxy) is 2. The highest BCUT2D eigenvalue weighted by atomic mass is 27.0. The van der Waals surface area contributed by atoms with Gasteiger partial charge >= 0.3 is 16.3 Å². The maximum absolute atomic E-state index is 8.61. The van der Waals surface area contributed by atoms with Crippen LogP contribution in [0.15, 0.2) is 0 Å². The van der Waals surface area contributed by atoms with E-state index in [1.807, 2.05) is 0 Å². The van der Waals surface area contributed by atoms with Crippen molar-refractivity contribution in [2.24, 2.45) is 0 Å². The summed E-state index contributed by atoms with van der Waals surface area (Å²) in [6, 6.07) is 0. The Balaban J connectivity index is 3.84. The Morgan fingerprint density at radius 1 is 1.15 bits per heavy atom. The van der Waals surface area contributed by atoms with Crippen molar-refractivity contribution >= 4 is 16.3 Å². The molecule has 2 N–H and O–H groups in total. The van der Waals surface area contributed by atoms with Crippen LogP contribution in [0.3, 0.4) is 0 Å². The van der Waals surface area contributed by atoms with E-state index >= 15 is 0 Å². The lowest BCUT2D eigenvalue weighted by Crippen LogP contribution is -2.38. The van der Waals surface area contributed by atoms with Crippen LogP contribution in [-0.4, -0.2) is 57.6 Å². The molecule has 0 aliphatic carbocycles. The molecule has 0 fully saturated rings. The number of aliphatic hydroxyl groups is 2. The largest absolute Gasteiger partial charge is 0.394 e. The standard InChI is InChI=1S/C8H17O4.Al.2H/c1-2-3-8(11-6-4-9)12-7-5-10;;;/h9-10H,2-7H2,1H3;;;. The molecule has 0 aliphatic heterocycles. The highest BCUT2D eigenvalue weighted by molar-refractivity contribution is 6.13. The average molecular weight is 206 g/mol. The summed E-state index contributed by atoms with van der Waals surface area (Å²) in [5.41, 5.74) is 0. The van der Waals surface area contributed by atoms with Gasteiger partial charge in [-0.2, -0.15) is 0 Å². The van der Waals surface area contributed by atoms with Crippen LogP contribution in [0.4, 0.5) is 0 Å². The molecule has 0 saturated heterocycles. The Morgan fingerprint density at radius 2 is 1.62 bits per heavy atom. The molecule has 0 saturated carbocycles. The summed E-state index contributed by atoms with van der Waals surface area (Å²) in [6.45, 7) is 2.67. The fourth-order valence-corrected chi connectivity index (χ4v) is 2.07. The quantitative estimate of drug-likeness (QED) is 0.399. The minimum absolute atomic E-state index is 0.0101. The van der Waals surface area contributed by atoms with Gasteiger partial charge in [0.25, 0.3) is 0 Å². The molecule has 0 radical (unpaired) electrons. The number of rotatable bonds is 8. The zero-order chi connectivity index (χ0) is 10.2. The molecule has 0 aromatic rings. The summed E-state index contributed by atoms with van der Waals surface area (Å²) in [7, 11) is 0. The topological polar surface area (TPSA) is 58.9 Å². The first-order valence-corrected chi connectivity index (χ1v) is 5.68. The zero-order valence-electron chi connectivity index (χ0n) is 8.45. The first-order valence-electron chi connectivity index (χ1n) is 4.68. The van der Waals surface area contributed by atoms with Crippen molar-refractivity contribution in [2.45, 2.75) is 24.4 Å². The fourth-order valence-electron chi connectivity index (χ4n) is 1.16. The van der Waals surface area contributed by atoms with Crippen LogP contribution in [0.25, 0.3) is 0 Å². The molecule has 4 nitrogen and oxygen atoms in total. The fraction of sp³-hybridized carbons (Fsp3) is 1.00. The molecule has 0 atom stereocenters. The third-order valence-electron chi connectivity index (χ3n) is 1.70. The molecule has 0 rings (SSSR count). The van der Waals surface area contributed by atoms with Crippen LogP contribution in [-0.2, 0) is 9.47 Å². The third-order valence-corrected chi connectivity index (χ3v) is 2.78. The smallest absolute Gasteiger partial charge is 0.308 e. The van der Waals surface area contributed by atoms with Crippen LogP contribution in [0.5, 0.6) is 0 Å². The summed E-state index contributed by atoms with van der Waals surface area (Å²) in [4.78, 5) is 0. The second-order valence-electron chi connectivity index (χ2n) is 3.03. The van der Waals surface area contributed by atoms with Gasteiger partial charge in [0.05, 0.1) is 31.1 Å². The van der Waals surface area contributed by atoms with Crippen molar-refractivity contribution in [3.05, 3.63) is 0 Å². The highest BCUT2D eigenvalue weighted by Crippen LogP contribution is 2.15. The van der Waals surface area contributed by atoms with E-state index in [2.05, 4.69) is 6.92 Å². The van der Waals surface area contributed by atoms with Gasteiger partial charge in [-0.25, -0.2) is 0 Å². The van der Waals surface area contributed by atoms with Gasteiger partial charge in [0.15, 0.2) is 0 Å². The van der Waals surface area contributed by atoms with E-state index in [0.29, 0.717) is 13.2 Å². The third kappa shape index (κ3) is 6.44. The zero-order valence-corrected chi connectivity index (χ0v) is 10.5. The summed E-state index contributed by atoms with van der Waals surface area (Å²) in [6.07, 6.45) is 1.79.